The van der Waals surface area contributed by atoms with Gasteiger partial charge in [-0.1, -0.05) is 48.5 Å². The summed E-state index contributed by atoms with van der Waals surface area (Å²) in [6, 6.07) is -1.37. The Kier molecular flexibility index (Phi) is 16.6. The fourth-order valence-corrected chi connectivity index (χ4v) is 5.14. The molecule has 4 N–H and O–H groups in total. The van der Waals surface area contributed by atoms with E-state index in [0.29, 0.717) is 25.8 Å². The van der Waals surface area contributed by atoms with Crippen LogP contribution < -0.4 is 16.4 Å². The molecule has 0 bridgehead atoms. The van der Waals surface area contributed by atoms with Gasteiger partial charge in [-0.25, -0.2) is 4.79 Å². The van der Waals surface area contributed by atoms with Gasteiger partial charge in [0.15, 0.2) is 5.78 Å². The van der Waals surface area contributed by atoms with Gasteiger partial charge in [-0.05, 0) is 30.6 Å². The molecule has 12 heteroatoms. The third kappa shape index (κ3) is 14.9. The highest BCUT2D eigenvalue weighted by Crippen LogP contribution is 2.31. The minimum Gasteiger partial charge on any atom is -0.379 e. The predicted molar refractivity (Wildman–Crippen MR) is 162 cm³/mol. The van der Waals surface area contributed by atoms with E-state index in [-0.39, 0.29) is 105 Å². The Bertz CT molecular complexity index is 960. The summed E-state index contributed by atoms with van der Waals surface area (Å²) in [7, 11) is 0. The summed E-state index contributed by atoms with van der Waals surface area (Å²) in [6.07, 6.45) is 1.91. The third-order valence-corrected chi connectivity index (χ3v) is 7.28. The third-order valence-electron chi connectivity index (χ3n) is 7.28. The van der Waals surface area contributed by atoms with Gasteiger partial charge >= 0.3 is 6.03 Å². The second-order valence-corrected chi connectivity index (χ2v) is 13.2. The average Bonchev–Trinajstić information content (AvgIpc) is 3.15. The molecule has 0 spiro atoms. The molecule has 0 aromatic rings. The summed E-state index contributed by atoms with van der Waals surface area (Å²) >= 11 is 0. The van der Waals surface area contributed by atoms with Gasteiger partial charge in [0.05, 0.1) is 39.0 Å². The first-order chi connectivity index (χ1) is 20.0. The van der Waals surface area contributed by atoms with Gasteiger partial charge < -0.3 is 25.8 Å². The zero-order valence-electron chi connectivity index (χ0n) is 27.2. The molecule has 0 saturated carbocycles. The molecule has 0 aromatic heterocycles. The summed E-state index contributed by atoms with van der Waals surface area (Å²) in [4.78, 5) is 75.4. The van der Waals surface area contributed by atoms with Gasteiger partial charge in [-0.2, -0.15) is 0 Å². The first kappa shape index (κ1) is 38.2. The normalized spacial score (nSPS) is 17.0. The van der Waals surface area contributed by atoms with Crippen LogP contribution >= 0.6 is 0 Å². The number of carbonyl (C=O) groups is 6. The summed E-state index contributed by atoms with van der Waals surface area (Å²) < 4.78 is 11.0. The average molecular weight is 611 g/mol. The molecule has 3 atom stereocenters. The Labute approximate surface area is 256 Å². The van der Waals surface area contributed by atoms with Crippen molar-refractivity contribution in [2.24, 2.45) is 34.8 Å². The molecule has 43 heavy (non-hydrogen) atoms. The Morgan fingerprint density at radius 3 is 2.19 bits per heavy atom. The smallest absolute Gasteiger partial charge is 0.312 e. The molecule has 0 aromatic carbocycles. The van der Waals surface area contributed by atoms with Crippen molar-refractivity contribution >= 4 is 35.3 Å². The number of rotatable bonds is 21. The zero-order chi connectivity index (χ0) is 32.7. The van der Waals surface area contributed by atoms with E-state index in [9.17, 15) is 28.8 Å². The summed E-state index contributed by atoms with van der Waals surface area (Å²) in [5.41, 5.74) is 5.06. The molecule has 246 valence electrons. The van der Waals surface area contributed by atoms with Crippen LogP contribution in [0.25, 0.3) is 0 Å². The van der Waals surface area contributed by atoms with Crippen LogP contribution in [0, 0.1) is 29.1 Å². The van der Waals surface area contributed by atoms with Crippen LogP contribution in [-0.4, -0.2) is 85.8 Å². The highest BCUT2D eigenvalue weighted by molar-refractivity contribution is 6.03. The second-order valence-electron chi connectivity index (χ2n) is 13.2. The monoisotopic (exact) mass is 610 g/mol. The SMILES string of the molecule is CC(C)C(=O)[C@H](CCCNC(N)=O)CC(=O)[C@@H](NC(=O)CCOCCOCCN1C(=O)CC(CC(C)(C)C)C1=O)C(C)C. The summed E-state index contributed by atoms with van der Waals surface area (Å²) in [5.74, 6) is -2.06. The number of ketones is 2. The molecule has 1 rings (SSSR count). The molecule has 1 aliphatic heterocycles. The van der Waals surface area contributed by atoms with E-state index in [1.165, 1.54) is 4.90 Å². The predicted octanol–water partition coefficient (Wildman–Crippen LogP) is 2.61. The number of imide groups is 1. The van der Waals surface area contributed by atoms with Crippen molar-refractivity contribution in [1.29, 1.82) is 0 Å². The van der Waals surface area contributed by atoms with E-state index >= 15 is 0 Å². The van der Waals surface area contributed by atoms with Crippen LogP contribution in [0.3, 0.4) is 0 Å². The highest BCUT2D eigenvalue weighted by Gasteiger charge is 2.39. The van der Waals surface area contributed by atoms with Gasteiger partial charge in [-0.15, -0.1) is 0 Å². The number of ether oxygens (including phenoxy) is 2. The number of hydrogen-bond acceptors (Lipinski definition) is 8. The van der Waals surface area contributed by atoms with E-state index in [0.717, 1.165) is 0 Å². The molecule has 12 nitrogen and oxygen atoms in total. The van der Waals surface area contributed by atoms with E-state index in [1.807, 2.05) is 34.6 Å². The van der Waals surface area contributed by atoms with Crippen LogP contribution in [0.15, 0.2) is 0 Å². The Hall–Kier alpha value is -2.86. The number of nitrogens with two attached hydrogens (primary N) is 1. The van der Waals surface area contributed by atoms with Crippen LogP contribution in [0.4, 0.5) is 4.79 Å². The van der Waals surface area contributed by atoms with Crippen molar-refractivity contribution in [1.82, 2.24) is 15.5 Å². The lowest BCUT2D eigenvalue weighted by Crippen LogP contribution is -2.45. The minimum atomic E-state index is -0.735. The number of nitrogens with one attached hydrogen (secondary N) is 2. The molecule has 1 fully saturated rings. The molecule has 0 aliphatic carbocycles. The number of urea groups is 1. The van der Waals surface area contributed by atoms with Crippen LogP contribution in [0.5, 0.6) is 0 Å². The highest BCUT2D eigenvalue weighted by atomic mass is 16.5. The number of Topliss-reactive ketones (excluding diaryl/α,β-unsaturated/α-hetero) is 2. The molecule has 0 radical (unpaired) electrons. The van der Waals surface area contributed by atoms with E-state index in [4.69, 9.17) is 15.2 Å². The lowest BCUT2D eigenvalue weighted by atomic mass is 9.84. The van der Waals surface area contributed by atoms with Crippen molar-refractivity contribution in [2.45, 2.75) is 93.0 Å². The first-order valence-corrected chi connectivity index (χ1v) is 15.4. The molecule has 5 amide bonds. The van der Waals surface area contributed by atoms with Gasteiger partial charge in [0.1, 0.15) is 5.78 Å². The summed E-state index contributed by atoms with van der Waals surface area (Å²) in [5, 5.41) is 5.28. The van der Waals surface area contributed by atoms with Gasteiger partial charge in [0.25, 0.3) is 0 Å². The van der Waals surface area contributed by atoms with E-state index in [2.05, 4.69) is 10.6 Å². The Balaban J connectivity index is 2.39. The number of hydrogen-bond donors (Lipinski definition) is 3. The number of nitrogens with zero attached hydrogens (tertiary/aromatic N) is 1. The van der Waals surface area contributed by atoms with Crippen molar-refractivity contribution < 1.29 is 38.2 Å². The first-order valence-electron chi connectivity index (χ1n) is 15.4. The molecule has 1 saturated heterocycles. The zero-order valence-corrected chi connectivity index (χ0v) is 27.2. The fraction of sp³-hybridized carbons (Fsp3) is 0.806. The fourth-order valence-electron chi connectivity index (χ4n) is 5.14. The maximum absolute atomic E-state index is 13.1. The number of primary amides is 1. The van der Waals surface area contributed by atoms with Crippen LogP contribution in [0.2, 0.25) is 0 Å². The van der Waals surface area contributed by atoms with Crippen molar-refractivity contribution in [2.75, 3.05) is 39.5 Å². The second kappa shape index (κ2) is 18.7. The molecule has 1 unspecified atom stereocenters. The topological polar surface area (TPSA) is 174 Å². The molecular formula is C31H54N4O8. The van der Waals surface area contributed by atoms with Gasteiger partial charge in [0, 0.05) is 43.6 Å². The van der Waals surface area contributed by atoms with Crippen molar-refractivity contribution in [3.63, 3.8) is 0 Å². The minimum absolute atomic E-state index is 0.0103. The van der Waals surface area contributed by atoms with Crippen molar-refractivity contribution in [3.8, 4) is 0 Å². The lowest BCUT2D eigenvalue weighted by molar-refractivity contribution is -0.140. The van der Waals surface area contributed by atoms with Crippen molar-refractivity contribution in [3.05, 3.63) is 0 Å². The standard InChI is InChI=1S/C31H54N4O8/c1-20(2)27(24(36)17-22(28(39)21(3)4)9-8-11-33-30(32)41)34-25(37)10-13-42-15-16-43-14-12-35-26(38)18-23(29(35)40)19-31(5,6)7/h20-23,27H,8-19H2,1-7H3,(H,34,37)(H3,32,33,41)/t22-,23?,27+/m1/s1. The van der Waals surface area contributed by atoms with E-state index in [1.54, 1.807) is 13.8 Å². The lowest BCUT2D eigenvalue weighted by Gasteiger charge is -2.24. The Morgan fingerprint density at radius 1 is 1.00 bits per heavy atom. The Morgan fingerprint density at radius 2 is 1.63 bits per heavy atom. The van der Waals surface area contributed by atoms with Crippen LogP contribution in [-0.2, 0) is 33.4 Å². The molecule has 1 heterocycles. The van der Waals surface area contributed by atoms with E-state index < -0.39 is 18.0 Å². The maximum Gasteiger partial charge on any atom is 0.312 e. The van der Waals surface area contributed by atoms with Gasteiger partial charge in [0.2, 0.25) is 17.7 Å². The number of amides is 5. The maximum atomic E-state index is 13.1. The molecular weight excluding hydrogens is 556 g/mol. The summed E-state index contributed by atoms with van der Waals surface area (Å²) in [6.45, 7) is 14.7. The largest absolute Gasteiger partial charge is 0.379 e. The number of likely N-dealkylation sites (tertiary alicyclic amines) is 1. The number of carbonyl (C=O) groups excluding carboxylic acids is 6. The quantitative estimate of drug-likeness (QED) is 0.131. The molecule has 1 aliphatic rings. The van der Waals surface area contributed by atoms with Gasteiger partial charge in [-0.3, -0.25) is 28.9 Å². The van der Waals surface area contributed by atoms with Crippen LogP contribution in [0.1, 0.15) is 87.0 Å².